The highest BCUT2D eigenvalue weighted by Crippen LogP contribution is 2.29. The van der Waals surface area contributed by atoms with E-state index in [1.165, 1.54) is 11.1 Å². The van der Waals surface area contributed by atoms with Crippen molar-refractivity contribution in [2.45, 2.75) is 31.6 Å². The van der Waals surface area contributed by atoms with Gasteiger partial charge in [-0.2, -0.15) is 0 Å². The van der Waals surface area contributed by atoms with E-state index in [0.29, 0.717) is 29.6 Å². The SMILES string of the molecule is O=C(NCCO)C1=CC=C(n2ccc3cc(C(=O)N4CCC(F)(F)CC4)cnc32)CC1. The summed E-state index contributed by atoms with van der Waals surface area (Å²) in [5.41, 5.74) is 2.70. The van der Waals surface area contributed by atoms with Gasteiger partial charge in [0.15, 0.2) is 0 Å². The first-order chi connectivity index (χ1) is 14.9. The summed E-state index contributed by atoms with van der Waals surface area (Å²) in [6.07, 6.45) is 7.57. The van der Waals surface area contributed by atoms with Crippen LogP contribution in [0.25, 0.3) is 16.7 Å². The normalized spacial score (nSPS) is 18.5. The molecule has 7 nitrogen and oxygen atoms in total. The van der Waals surface area contributed by atoms with Crippen molar-refractivity contribution in [3.63, 3.8) is 0 Å². The molecule has 0 atom stereocenters. The number of hydrogen-bond donors (Lipinski definition) is 2. The van der Waals surface area contributed by atoms with Crippen LogP contribution in [0.3, 0.4) is 0 Å². The van der Waals surface area contributed by atoms with Crippen LogP contribution < -0.4 is 5.32 Å². The Morgan fingerprint density at radius 2 is 1.97 bits per heavy atom. The van der Waals surface area contributed by atoms with Crippen LogP contribution in [0.2, 0.25) is 0 Å². The van der Waals surface area contributed by atoms with Gasteiger partial charge in [0.05, 0.1) is 12.2 Å². The van der Waals surface area contributed by atoms with E-state index in [0.717, 1.165) is 11.1 Å². The molecule has 2 aliphatic rings. The maximum atomic E-state index is 13.4. The molecular formula is C22H24F2N4O3. The van der Waals surface area contributed by atoms with Crippen molar-refractivity contribution in [2.75, 3.05) is 26.2 Å². The van der Waals surface area contributed by atoms with E-state index in [-0.39, 0.29) is 50.9 Å². The molecule has 0 spiro atoms. The molecule has 2 N–H and O–H groups in total. The second kappa shape index (κ2) is 8.58. The van der Waals surface area contributed by atoms with Crippen LogP contribution in [0.1, 0.15) is 36.0 Å². The molecule has 1 aliphatic carbocycles. The zero-order valence-corrected chi connectivity index (χ0v) is 17.0. The summed E-state index contributed by atoms with van der Waals surface area (Å²) >= 11 is 0. The predicted molar refractivity (Wildman–Crippen MR) is 112 cm³/mol. The standard InChI is InChI=1S/C22H24F2N4O3/c23-22(24)6-10-27(11-7-22)21(31)17-13-16-5-9-28(19(16)26-14-17)18-3-1-15(2-4-18)20(30)25-8-12-29/h1,3,5,9,13-14,29H,2,4,6-8,10-12H2,(H,25,30). The van der Waals surface area contributed by atoms with Crippen molar-refractivity contribution in [2.24, 2.45) is 0 Å². The summed E-state index contributed by atoms with van der Waals surface area (Å²) in [4.78, 5) is 30.6. The minimum Gasteiger partial charge on any atom is -0.395 e. The van der Waals surface area contributed by atoms with Gasteiger partial charge in [-0.1, -0.05) is 6.08 Å². The first-order valence-corrected chi connectivity index (χ1v) is 10.3. The number of pyridine rings is 1. The van der Waals surface area contributed by atoms with Crippen LogP contribution in [0, 0.1) is 0 Å². The molecule has 0 bridgehead atoms. The third-order valence-corrected chi connectivity index (χ3v) is 5.68. The van der Waals surface area contributed by atoms with Crippen LogP contribution >= 0.6 is 0 Å². The Morgan fingerprint density at radius 1 is 1.19 bits per heavy atom. The highest BCUT2D eigenvalue weighted by molar-refractivity contribution is 5.98. The third-order valence-electron chi connectivity index (χ3n) is 5.68. The number of fused-ring (bicyclic) bond motifs is 1. The van der Waals surface area contributed by atoms with Gasteiger partial charge in [0.25, 0.3) is 11.8 Å². The summed E-state index contributed by atoms with van der Waals surface area (Å²) in [7, 11) is 0. The molecule has 2 aromatic heterocycles. The van der Waals surface area contributed by atoms with Gasteiger partial charge >= 0.3 is 0 Å². The number of aromatic nitrogens is 2. The lowest BCUT2D eigenvalue weighted by Crippen LogP contribution is -2.42. The second-order valence-electron chi connectivity index (χ2n) is 7.80. The molecule has 1 fully saturated rings. The number of hydrogen-bond acceptors (Lipinski definition) is 4. The average Bonchev–Trinajstić information content (AvgIpc) is 3.20. The molecule has 2 aromatic rings. The Labute approximate surface area is 178 Å². The lowest BCUT2D eigenvalue weighted by atomic mass is 10.0. The predicted octanol–water partition coefficient (Wildman–Crippen LogP) is 2.58. The van der Waals surface area contributed by atoms with Crippen LogP contribution in [-0.4, -0.2) is 63.5 Å². The molecule has 9 heteroatoms. The number of allylic oxidation sites excluding steroid dienone is 3. The van der Waals surface area contributed by atoms with Crippen molar-refractivity contribution in [3.05, 3.63) is 47.8 Å². The van der Waals surface area contributed by atoms with Crippen molar-refractivity contribution in [1.82, 2.24) is 19.8 Å². The van der Waals surface area contributed by atoms with Gasteiger partial charge in [-0.05, 0) is 31.1 Å². The Hall–Kier alpha value is -3.07. The van der Waals surface area contributed by atoms with Gasteiger partial charge in [-0.15, -0.1) is 0 Å². The Balaban J connectivity index is 1.51. The molecule has 2 amide bonds. The van der Waals surface area contributed by atoms with E-state index in [1.54, 1.807) is 12.1 Å². The van der Waals surface area contributed by atoms with Crippen LogP contribution in [-0.2, 0) is 4.79 Å². The number of amides is 2. The van der Waals surface area contributed by atoms with E-state index in [4.69, 9.17) is 5.11 Å². The molecule has 164 valence electrons. The van der Waals surface area contributed by atoms with Crippen LogP contribution in [0.5, 0.6) is 0 Å². The van der Waals surface area contributed by atoms with Gasteiger partial charge in [0.1, 0.15) is 5.65 Å². The highest BCUT2D eigenvalue weighted by Gasteiger charge is 2.35. The van der Waals surface area contributed by atoms with Gasteiger partial charge in [0.2, 0.25) is 5.91 Å². The molecular weight excluding hydrogens is 406 g/mol. The Kier molecular flexibility index (Phi) is 5.86. The molecule has 1 aliphatic heterocycles. The molecule has 3 heterocycles. The van der Waals surface area contributed by atoms with Gasteiger partial charge in [-0.3, -0.25) is 9.59 Å². The molecule has 4 rings (SSSR count). The van der Waals surface area contributed by atoms with E-state index in [1.807, 2.05) is 22.9 Å². The minimum absolute atomic E-state index is 0.0400. The van der Waals surface area contributed by atoms with Gasteiger partial charge < -0.3 is 19.9 Å². The Morgan fingerprint density at radius 3 is 2.65 bits per heavy atom. The molecule has 0 radical (unpaired) electrons. The third kappa shape index (κ3) is 4.51. The fourth-order valence-electron chi connectivity index (χ4n) is 3.89. The summed E-state index contributed by atoms with van der Waals surface area (Å²) < 4.78 is 28.6. The zero-order chi connectivity index (χ0) is 22.0. The summed E-state index contributed by atoms with van der Waals surface area (Å²) in [5.74, 6) is -3.16. The topological polar surface area (TPSA) is 87.5 Å². The average molecular weight is 430 g/mol. The minimum atomic E-state index is -2.70. The number of piperidine rings is 1. The fourth-order valence-corrected chi connectivity index (χ4v) is 3.89. The number of aliphatic hydroxyl groups is 1. The maximum Gasteiger partial charge on any atom is 0.255 e. The number of rotatable bonds is 5. The smallest absolute Gasteiger partial charge is 0.255 e. The molecule has 0 saturated carbocycles. The summed E-state index contributed by atoms with van der Waals surface area (Å²) in [6.45, 7) is 0.201. The van der Waals surface area contributed by atoms with Crippen molar-refractivity contribution >= 4 is 28.5 Å². The summed E-state index contributed by atoms with van der Waals surface area (Å²) in [6, 6.07) is 3.60. The molecule has 0 unspecified atom stereocenters. The zero-order valence-electron chi connectivity index (χ0n) is 17.0. The monoisotopic (exact) mass is 430 g/mol. The van der Waals surface area contributed by atoms with Crippen molar-refractivity contribution < 1.29 is 23.5 Å². The fraction of sp³-hybridized carbons (Fsp3) is 0.409. The van der Waals surface area contributed by atoms with Crippen LogP contribution in [0.4, 0.5) is 8.78 Å². The van der Waals surface area contributed by atoms with E-state index in [2.05, 4.69) is 10.3 Å². The number of halogens is 2. The molecule has 0 aromatic carbocycles. The Bertz CT molecular complexity index is 1060. The van der Waals surface area contributed by atoms with Gasteiger partial charge in [0, 0.05) is 61.5 Å². The number of nitrogens with one attached hydrogen (secondary N) is 1. The number of aliphatic hydroxyl groups excluding tert-OH is 1. The number of carbonyl (C=O) groups excluding carboxylic acids is 2. The quantitative estimate of drug-likeness (QED) is 0.763. The largest absolute Gasteiger partial charge is 0.395 e. The first-order valence-electron chi connectivity index (χ1n) is 10.3. The first kappa shape index (κ1) is 21.2. The summed E-state index contributed by atoms with van der Waals surface area (Å²) in [5, 5.41) is 12.2. The maximum absolute atomic E-state index is 13.4. The van der Waals surface area contributed by atoms with E-state index in [9.17, 15) is 18.4 Å². The number of carbonyl (C=O) groups is 2. The molecule has 31 heavy (non-hydrogen) atoms. The van der Waals surface area contributed by atoms with Crippen molar-refractivity contribution in [3.8, 4) is 0 Å². The highest BCUT2D eigenvalue weighted by atomic mass is 19.3. The second-order valence-corrected chi connectivity index (χ2v) is 7.80. The number of nitrogens with zero attached hydrogens (tertiary/aromatic N) is 3. The van der Waals surface area contributed by atoms with E-state index < -0.39 is 5.92 Å². The van der Waals surface area contributed by atoms with Crippen molar-refractivity contribution in [1.29, 1.82) is 0 Å². The van der Waals surface area contributed by atoms with Crippen LogP contribution in [0.15, 0.2) is 42.3 Å². The lowest BCUT2D eigenvalue weighted by Gasteiger charge is -2.31. The number of alkyl halides is 2. The lowest BCUT2D eigenvalue weighted by molar-refractivity contribution is -0.117. The van der Waals surface area contributed by atoms with E-state index >= 15 is 0 Å². The van der Waals surface area contributed by atoms with Gasteiger partial charge in [-0.25, -0.2) is 13.8 Å². The molecule has 1 saturated heterocycles. The number of likely N-dealkylation sites (tertiary alicyclic amines) is 1.